The SMILES string of the molecule is CCCCOC[C@@H](O)CN[C@H](C)c1cccc(-n2ccnc2)c1. The molecule has 23 heavy (non-hydrogen) atoms. The molecule has 0 radical (unpaired) electrons. The molecule has 2 rings (SSSR count). The van der Waals surface area contributed by atoms with Gasteiger partial charge in [0.25, 0.3) is 0 Å². The highest BCUT2D eigenvalue weighted by Gasteiger charge is 2.10. The molecule has 0 aliphatic heterocycles. The number of imidazole rings is 1. The zero-order valence-electron chi connectivity index (χ0n) is 14.0. The van der Waals surface area contributed by atoms with Crippen LogP contribution in [-0.2, 0) is 4.74 Å². The lowest BCUT2D eigenvalue weighted by molar-refractivity contribution is 0.0348. The number of hydrogen-bond donors (Lipinski definition) is 2. The Morgan fingerprint density at radius 2 is 2.26 bits per heavy atom. The molecule has 2 atom stereocenters. The molecule has 126 valence electrons. The standard InChI is InChI=1S/C18H27N3O2/c1-3-4-10-23-13-18(22)12-20-15(2)16-6-5-7-17(11-16)21-9-8-19-14-21/h5-9,11,14-15,18,20,22H,3-4,10,12-13H2,1-2H3/t15-,18+/m1/s1. The van der Waals surface area contributed by atoms with Gasteiger partial charge >= 0.3 is 0 Å². The second kappa shape index (κ2) is 9.45. The number of aliphatic hydroxyl groups is 1. The number of aromatic nitrogens is 2. The van der Waals surface area contributed by atoms with E-state index in [0.717, 1.165) is 25.1 Å². The number of rotatable bonds is 10. The maximum absolute atomic E-state index is 9.95. The smallest absolute Gasteiger partial charge is 0.0991 e. The van der Waals surface area contributed by atoms with Crippen LogP contribution < -0.4 is 5.32 Å². The van der Waals surface area contributed by atoms with Crippen LogP contribution in [0.3, 0.4) is 0 Å². The Morgan fingerprint density at radius 3 is 3.00 bits per heavy atom. The van der Waals surface area contributed by atoms with E-state index in [9.17, 15) is 5.11 Å². The van der Waals surface area contributed by atoms with E-state index in [4.69, 9.17) is 4.74 Å². The van der Waals surface area contributed by atoms with E-state index in [2.05, 4.69) is 36.3 Å². The fourth-order valence-electron chi connectivity index (χ4n) is 2.32. The van der Waals surface area contributed by atoms with Crippen molar-refractivity contribution in [3.8, 4) is 5.69 Å². The van der Waals surface area contributed by atoms with E-state index in [1.165, 1.54) is 5.56 Å². The predicted molar refractivity (Wildman–Crippen MR) is 91.7 cm³/mol. The third kappa shape index (κ3) is 5.78. The molecule has 0 fully saturated rings. The molecule has 0 amide bonds. The third-order valence-corrected chi connectivity index (χ3v) is 3.78. The average molecular weight is 317 g/mol. The molecule has 0 aliphatic carbocycles. The molecule has 0 unspecified atom stereocenters. The summed E-state index contributed by atoms with van der Waals surface area (Å²) in [5.74, 6) is 0. The van der Waals surface area contributed by atoms with Crippen molar-refractivity contribution in [1.82, 2.24) is 14.9 Å². The highest BCUT2D eigenvalue weighted by molar-refractivity contribution is 5.36. The van der Waals surface area contributed by atoms with Gasteiger partial charge in [0, 0.05) is 37.3 Å². The van der Waals surface area contributed by atoms with Crippen molar-refractivity contribution in [2.45, 2.75) is 38.8 Å². The summed E-state index contributed by atoms with van der Waals surface area (Å²) in [6.07, 6.45) is 7.15. The number of benzene rings is 1. The van der Waals surface area contributed by atoms with Crippen molar-refractivity contribution in [3.05, 3.63) is 48.5 Å². The fraction of sp³-hybridized carbons (Fsp3) is 0.500. The molecular weight excluding hydrogens is 290 g/mol. The van der Waals surface area contributed by atoms with E-state index in [1.54, 1.807) is 12.5 Å². The summed E-state index contributed by atoms with van der Waals surface area (Å²) in [6.45, 7) is 5.84. The largest absolute Gasteiger partial charge is 0.389 e. The number of hydrogen-bond acceptors (Lipinski definition) is 4. The lowest BCUT2D eigenvalue weighted by atomic mass is 10.1. The van der Waals surface area contributed by atoms with Crippen LogP contribution in [0.4, 0.5) is 0 Å². The van der Waals surface area contributed by atoms with Gasteiger partial charge in [0.2, 0.25) is 0 Å². The Labute approximate surface area is 138 Å². The Bertz CT molecular complexity index is 557. The number of nitrogens with one attached hydrogen (secondary N) is 1. The first-order valence-electron chi connectivity index (χ1n) is 8.28. The monoisotopic (exact) mass is 317 g/mol. The van der Waals surface area contributed by atoms with Crippen molar-refractivity contribution >= 4 is 0 Å². The van der Waals surface area contributed by atoms with Gasteiger partial charge in [-0.25, -0.2) is 4.98 Å². The molecule has 0 saturated carbocycles. The molecule has 1 aromatic heterocycles. The van der Waals surface area contributed by atoms with Crippen molar-refractivity contribution < 1.29 is 9.84 Å². The van der Waals surface area contributed by atoms with E-state index in [-0.39, 0.29) is 6.04 Å². The first-order chi connectivity index (χ1) is 11.2. The molecule has 5 nitrogen and oxygen atoms in total. The van der Waals surface area contributed by atoms with Gasteiger partial charge in [-0.3, -0.25) is 0 Å². The Kier molecular flexibility index (Phi) is 7.26. The van der Waals surface area contributed by atoms with E-state index in [1.807, 2.05) is 22.9 Å². The Morgan fingerprint density at radius 1 is 1.39 bits per heavy atom. The topological polar surface area (TPSA) is 59.3 Å². The first-order valence-corrected chi connectivity index (χ1v) is 8.28. The molecule has 0 aliphatic rings. The fourth-order valence-corrected chi connectivity index (χ4v) is 2.32. The summed E-state index contributed by atoms with van der Waals surface area (Å²) < 4.78 is 7.42. The van der Waals surface area contributed by atoms with E-state index >= 15 is 0 Å². The second-order valence-electron chi connectivity index (χ2n) is 5.78. The van der Waals surface area contributed by atoms with Gasteiger partial charge in [0.1, 0.15) is 0 Å². The summed E-state index contributed by atoms with van der Waals surface area (Å²) in [7, 11) is 0. The van der Waals surface area contributed by atoms with Crippen LogP contribution in [0.1, 0.15) is 38.3 Å². The summed E-state index contributed by atoms with van der Waals surface area (Å²) in [5.41, 5.74) is 2.26. The molecule has 1 aromatic carbocycles. The minimum Gasteiger partial charge on any atom is -0.389 e. The van der Waals surface area contributed by atoms with Crippen LogP contribution in [0.5, 0.6) is 0 Å². The van der Waals surface area contributed by atoms with Crippen LogP contribution in [-0.4, -0.2) is 40.5 Å². The highest BCUT2D eigenvalue weighted by atomic mass is 16.5. The molecule has 1 heterocycles. The Balaban J connectivity index is 1.81. The predicted octanol–water partition coefficient (Wildman–Crippen LogP) is 2.70. The van der Waals surface area contributed by atoms with Gasteiger partial charge in [-0.15, -0.1) is 0 Å². The average Bonchev–Trinajstić information content (AvgIpc) is 3.11. The molecule has 5 heteroatoms. The molecular formula is C18H27N3O2. The zero-order chi connectivity index (χ0) is 16.5. The van der Waals surface area contributed by atoms with Crippen LogP contribution >= 0.6 is 0 Å². The van der Waals surface area contributed by atoms with Crippen molar-refractivity contribution in [2.75, 3.05) is 19.8 Å². The number of ether oxygens (including phenoxy) is 1. The summed E-state index contributed by atoms with van der Waals surface area (Å²) >= 11 is 0. The third-order valence-electron chi connectivity index (χ3n) is 3.78. The van der Waals surface area contributed by atoms with Crippen LogP contribution in [0.2, 0.25) is 0 Å². The number of nitrogens with zero attached hydrogens (tertiary/aromatic N) is 2. The molecule has 0 bridgehead atoms. The highest BCUT2D eigenvalue weighted by Crippen LogP contribution is 2.16. The van der Waals surface area contributed by atoms with Crippen LogP contribution in [0, 0.1) is 0 Å². The van der Waals surface area contributed by atoms with E-state index in [0.29, 0.717) is 13.2 Å². The first kappa shape index (κ1) is 17.7. The van der Waals surface area contributed by atoms with Crippen LogP contribution in [0.25, 0.3) is 5.69 Å². The maximum Gasteiger partial charge on any atom is 0.0991 e. The minimum absolute atomic E-state index is 0.156. The minimum atomic E-state index is -0.480. The van der Waals surface area contributed by atoms with E-state index < -0.39 is 6.10 Å². The van der Waals surface area contributed by atoms with Crippen molar-refractivity contribution in [2.24, 2.45) is 0 Å². The van der Waals surface area contributed by atoms with Gasteiger partial charge in [-0.2, -0.15) is 0 Å². The summed E-state index contributed by atoms with van der Waals surface area (Å²) in [4.78, 5) is 4.07. The lowest BCUT2D eigenvalue weighted by Crippen LogP contribution is -2.32. The van der Waals surface area contributed by atoms with Crippen LogP contribution in [0.15, 0.2) is 43.0 Å². The van der Waals surface area contributed by atoms with Crippen molar-refractivity contribution in [1.29, 1.82) is 0 Å². The van der Waals surface area contributed by atoms with Gasteiger partial charge in [0.15, 0.2) is 0 Å². The maximum atomic E-state index is 9.95. The molecule has 2 aromatic rings. The summed E-state index contributed by atoms with van der Waals surface area (Å²) in [5, 5.41) is 13.3. The molecule has 0 spiro atoms. The van der Waals surface area contributed by atoms with Crippen molar-refractivity contribution in [3.63, 3.8) is 0 Å². The second-order valence-corrected chi connectivity index (χ2v) is 5.78. The summed E-state index contributed by atoms with van der Waals surface area (Å²) in [6, 6.07) is 8.46. The Hall–Kier alpha value is -1.69. The van der Waals surface area contributed by atoms with Gasteiger partial charge in [-0.1, -0.05) is 25.5 Å². The molecule has 2 N–H and O–H groups in total. The zero-order valence-corrected chi connectivity index (χ0v) is 14.0. The quantitative estimate of drug-likeness (QED) is 0.662. The van der Waals surface area contributed by atoms with Gasteiger partial charge in [-0.05, 0) is 31.0 Å². The molecule has 0 saturated heterocycles. The number of unbranched alkanes of at least 4 members (excludes halogenated alkanes) is 1. The number of aliphatic hydroxyl groups excluding tert-OH is 1. The normalized spacial score (nSPS) is 13.9. The van der Waals surface area contributed by atoms with Gasteiger partial charge < -0.3 is 19.7 Å². The lowest BCUT2D eigenvalue weighted by Gasteiger charge is -2.18. The van der Waals surface area contributed by atoms with Gasteiger partial charge in [0.05, 0.1) is 19.0 Å².